The van der Waals surface area contributed by atoms with Crippen molar-refractivity contribution >= 4 is 17.8 Å². The Morgan fingerprint density at radius 3 is 2.36 bits per heavy atom. The van der Waals surface area contributed by atoms with Crippen molar-refractivity contribution < 1.29 is 9.59 Å². The third-order valence-electron chi connectivity index (χ3n) is 5.68. The number of fused-ring (bicyclic) bond motifs is 5. The van der Waals surface area contributed by atoms with Crippen molar-refractivity contribution in [2.75, 3.05) is 4.90 Å². The van der Waals surface area contributed by atoms with Crippen LogP contribution >= 0.6 is 0 Å². The van der Waals surface area contributed by atoms with Gasteiger partial charge in [-0.1, -0.05) is 42.5 Å². The van der Waals surface area contributed by atoms with Crippen LogP contribution < -0.4 is 4.90 Å². The lowest BCUT2D eigenvalue weighted by molar-refractivity contribution is -0.123. The van der Waals surface area contributed by atoms with Gasteiger partial charge in [0.1, 0.15) is 5.82 Å². The summed E-state index contributed by atoms with van der Waals surface area (Å²) in [4.78, 5) is 31.1. The minimum Gasteiger partial charge on any atom is -0.274 e. The summed E-state index contributed by atoms with van der Waals surface area (Å²) in [6.45, 7) is 0. The molecular formula is C19H18N4O2. The SMILES string of the molecule is O=C1[C@@H]2[C@@H](C(=O)N1c1n[nH]c(CCc3ccccc3)n1)[C@H]1C=C[C@@H]2C1. The molecular weight excluding hydrogens is 316 g/mol. The Morgan fingerprint density at radius 2 is 1.68 bits per heavy atom. The van der Waals surface area contributed by atoms with Gasteiger partial charge in [0.2, 0.25) is 11.8 Å². The second-order valence-electron chi connectivity index (χ2n) is 7.08. The van der Waals surface area contributed by atoms with E-state index in [9.17, 15) is 9.59 Å². The number of aromatic amines is 1. The number of imide groups is 1. The normalized spacial score (nSPS) is 29.7. The summed E-state index contributed by atoms with van der Waals surface area (Å²) in [5.41, 5.74) is 1.21. The van der Waals surface area contributed by atoms with Gasteiger partial charge in [-0.05, 0) is 30.2 Å². The number of hydrogen-bond acceptors (Lipinski definition) is 4. The van der Waals surface area contributed by atoms with Crippen LogP contribution in [0.3, 0.4) is 0 Å². The van der Waals surface area contributed by atoms with Crippen molar-refractivity contribution in [2.45, 2.75) is 19.3 Å². The number of nitrogens with zero attached hydrogens (tertiary/aromatic N) is 3. The molecule has 5 rings (SSSR count). The number of aryl methyl sites for hydroxylation is 2. The lowest BCUT2D eigenvalue weighted by Crippen LogP contribution is -2.33. The van der Waals surface area contributed by atoms with E-state index in [4.69, 9.17) is 0 Å². The van der Waals surface area contributed by atoms with Crippen molar-refractivity contribution in [1.82, 2.24) is 15.2 Å². The number of aromatic nitrogens is 3. The molecule has 1 saturated heterocycles. The number of carbonyl (C=O) groups excluding carboxylic acids is 2. The molecule has 0 spiro atoms. The van der Waals surface area contributed by atoms with Crippen molar-refractivity contribution in [2.24, 2.45) is 23.7 Å². The second-order valence-corrected chi connectivity index (χ2v) is 7.08. The highest BCUT2D eigenvalue weighted by molar-refractivity contribution is 6.21. The molecule has 2 aromatic rings. The summed E-state index contributed by atoms with van der Waals surface area (Å²) in [7, 11) is 0. The summed E-state index contributed by atoms with van der Waals surface area (Å²) in [5.74, 6) is 0.591. The van der Waals surface area contributed by atoms with Crippen LogP contribution in [-0.4, -0.2) is 27.0 Å². The molecule has 0 unspecified atom stereocenters. The Morgan fingerprint density at radius 1 is 1.00 bits per heavy atom. The number of rotatable bonds is 4. The summed E-state index contributed by atoms with van der Waals surface area (Å²) in [6.07, 6.45) is 6.62. The molecule has 1 aromatic heterocycles. The average molecular weight is 334 g/mol. The molecule has 2 heterocycles. The smallest absolute Gasteiger partial charge is 0.258 e. The van der Waals surface area contributed by atoms with Crippen LogP contribution in [0.4, 0.5) is 5.95 Å². The van der Waals surface area contributed by atoms with Crippen LogP contribution in [0, 0.1) is 23.7 Å². The van der Waals surface area contributed by atoms with E-state index in [-0.39, 0.29) is 41.4 Å². The van der Waals surface area contributed by atoms with Gasteiger partial charge in [-0.25, -0.2) is 4.90 Å². The highest BCUT2D eigenvalue weighted by Gasteiger charge is 2.60. The third kappa shape index (κ3) is 2.17. The third-order valence-corrected chi connectivity index (χ3v) is 5.68. The minimum absolute atomic E-state index is 0.138. The number of allylic oxidation sites excluding steroid dienone is 2. The fraction of sp³-hybridized carbons (Fsp3) is 0.368. The van der Waals surface area contributed by atoms with Gasteiger partial charge in [-0.15, -0.1) is 5.10 Å². The number of hydrogen-bond donors (Lipinski definition) is 1. The molecule has 3 aliphatic rings. The fourth-order valence-corrected chi connectivity index (χ4v) is 4.50. The van der Waals surface area contributed by atoms with Crippen LogP contribution in [-0.2, 0) is 22.4 Å². The Labute approximate surface area is 144 Å². The zero-order chi connectivity index (χ0) is 17.0. The predicted octanol–water partition coefficient (Wildman–Crippen LogP) is 1.90. The zero-order valence-corrected chi connectivity index (χ0v) is 13.6. The molecule has 6 nitrogen and oxygen atoms in total. The Hall–Kier alpha value is -2.76. The fourth-order valence-electron chi connectivity index (χ4n) is 4.50. The zero-order valence-electron chi connectivity index (χ0n) is 13.6. The number of amides is 2. The summed E-state index contributed by atoms with van der Waals surface area (Å²) < 4.78 is 0. The van der Waals surface area contributed by atoms with E-state index in [1.165, 1.54) is 10.5 Å². The minimum atomic E-state index is -0.214. The van der Waals surface area contributed by atoms with E-state index in [0.717, 1.165) is 12.8 Å². The second kappa shape index (κ2) is 5.37. The molecule has 2 amide bonds. The lowest BCUT2D eigenvalue weighted by atomic mass is 9.85. The topological polar surface area (TPSA) is 79.0 Å². The molecule has 1 aliphatic heterocycles. The maximum absolute atomic E-state index is 12.8. The Kier molecular flexibility index (Phi) is 3.13. The van der Waals surface area contributed by atoms with Gasteiger partial charge in [0, 0.05) is 6.42 Å². The number of carbonyl (C=O) groups is 2. The van der Waals surface area contributed by atoms with Gasteiger partial charge in [0.05, 0.1) is 11.8 Å². The molecule has 1 saturated carbocycles. The van der Waals surface area contributed by atoms with Gasteiger partial charge in [-0.3, -0.25) is 14.7 Å². The molecule has 0 radical (unpaired) electrons. The molecule has 126 valence electrons. The summed E-state index contributed by atoms with van der Waals surface area (Å²) in [5, 5.41) is 7.01. The van der Waals surface area contributed by atoms with Gasteiger partial charge in [-0.2, -0.15) is 4.98 Å². The van der Waals surface area contributed by atoms with Crippen LogP contribution in [0.1, 0.15) is 17.8 Å². The quantitative estimate of drug-likeness (QED) is 0.684. The molecule has 4 atom stereocenters. The van der Waals surface area contributed by atoms with Gasteiger partial charge < -0.3 is 0 Å². The first-order chi connectivity index (χ1) is 12.2. The highest BCUT2D eigenvalue weighted by Crippen LogP contribution is 2.52. The molecule has 6 heteroatoms. The van der Waals surface area contributed by atoms with Gasteiger partial charge in [0.25, 0.3) is 5.95 Å². The van der Waals surface area contributed by atoms with E-state index in [1.54, 1.807) is 0 Å². The van der Waals surface area contributed by atoms with Crippen LogP contribution in [0.15, 0.2) is 42.5 Å². The molecule has 25 heavy (non-hydrogen) atoms. The number of H-pyrrole nitrogens is 1. The van der Waals surface area contributed by atoms with Gasteiger partial charge in [0.15, 0.2) is 0 Å². The standard InChI is InChI=1S/C19H18N4O2/c24-17-15-12-7-8-13(10-12)16(15)18(25)23(17)19-20-14(21-22-19)9-6-11-4-2-1-3-5-11/h1-5,7-8,12-13,15-16H,6,9-10H2,(H,20,21,22)/t12-,13+,15-,16-/m0/s1. The maximum Gasteiger partial charge on any atom is 0.258 e. The summed E-state index contributed by atoms with van der Waals surface area (Å²) >= 11 is 0. The highest BCUT2D eigenvalue weighted by atomic mass is 16.2. The first-order valence-corrected chi connectivity index (χ1v) is 8.74. The number of benzene rings is 1. The van der Waals surface area contributed by atoms with Gasteiger partial charge >= 0.3 is 0 Å². The lowest BCUT2D eigenvalue weighted by Gasteiger charge is -2.14. The average Bonchev–Trinajstić information content (AvgIpc) is 3.39. The van der Waals surface area contributed by atoms with E-state index in [2.05, 4.69) is 39.5 Å². The number of anilines is 1. The molecule has 1 N–H and O–H groups in total. The van der Waals surface area contributed by atoms with E-state index >= 15 is 0 Å². The first-order valence-electron chi connectivity index (χ1n) is 8.74. The van der Waals surface area contributed by atoms with E-state index < -0.39 is 0 Å². The Bertz CT molecular complexity index is 843. The van der Waals surface area contributed by atoms with Crippen molar-refractivity contribution in [3.8, 4) is 0 Å². The monoisotopic (exact) mass is 334 g/mol. The van der Waals surface area contributed by atoms with E-state index in [1.807, 2.05) is 18.2 Å². The number of nitrogens with one attached hydrogen (secondary N) is 1. The molecule has 2 aliphatic carbocycles. The predicted molar refractivity (Wildman–Crippen MR) is 90.4 cm³/mol. The van der Waals surface area contributed by atoms with Crippen molar-refractivity contribution in [3.05, 3.63) is 53.9 Å². The van der Waals surface area contributed by atoms with Crippen molar-refractivity contribution in [3.63, 3.8) is 0 Å². The molecule has 2 bridgehead atoms. The molecule has 2 fully saturated rings. The molecule has 1 aromatic carbocycles. The van der Waals surface area contributed by atoms with Crippen LogP contribution in [0.2, 0.25) is 0 Å². The van der Waals surface area contributed by atoms with Crippen molar-refractivity contribution in [1.29, 1.82) is 0 Å². The van der Waals surface area contributed by atoms with Crippen LogP contribution in [0.5, 0.6) is 0 Å². The summed E-state index contributed by atoms with van der Waals surface area (Å²) in [6, 6.07) is 10.1. The van der Waals surface area contributed by atoms with E-state index in [0.29, 0.717) is 12.2 Å². The first kappa shape index (κ1) is 14.6. The largest absolute Gasteiger partial charge is 0.274 e. The Balaban J connectivity index is 1.34. The van der Waals surface area contributed by atoms with Crippen LogP contribution in [0.25, 0.3) is 0 Å². The maximum atomic E-state index is 12.8.